The molecule has 2 amide bonds. The van der Waals surface area contributed by atoms with E-state index in [1.807, 2.05) is 6.92 Å². The molecule has 0 saturated carbocycles. The first-order chi connectivity index (χ1) is 15.9. The Labute approximate surface area is 199 Å². The summed E-state index contributed by atoms with van der Waals surface area (Å²) in [6, 6.07) is 10.2. The lowest BCUT2D eigenvalue weighted by atomic mass is 10.0. The molecule has 0 aliphatic carbocycles. The summed E-state index contributed by atoms with van der Waals surface area (Å²) in [7, 11) is 4.56. The van der Waals surface area contributed by atoms with Gasteiger partial charge in [-0.1, -0.05) is 23.7 Å². The van der Waals surface area contributed by atoms with Crippen molar-refractivity contribution in [2.45, 2.75) is 32.2 Å². The van der Waals surface area contributed by atoms with Crippen molar-refractivity contribution in [3.8, 4) is 17.2 Å². The Balaban J connectivity index is 2.04. The first kappa shape index (κ1) is 24.5. The predicted molar refractivity (Wildman–Crippen MR) is 128 cm³/mol. The zero-order valence-electron chi connectivity index (χ0n) is 19.3. The van der Waals surface area contributed by atoms with Gasteiger partial charge in [-0.3, -0.25) is 9.59 Å². The van der Waals surface area contributed by atoms with Gasteiger partial charge in [0.2, 0.25) is 5.75 Å². The Morgan fingerprint density at radius 2 is 1.73 bits per heavy atom. The second-order valence-corrected chi connectivity index (χ2v) is 8.20. The van der Waals surface area contributed by atoms with Gasteiger partial charge in [-0.2, -0.15) is 0 Å². The van der Waals surface area contributed by atoms with Gasteiger partial charge in [-0.05, 0) is 62.1 Å². The summed E-state index contributed by atoms with van der Waals surface area (Å²) in [6.45, 7) is 2.65. The van der Waals surface area contributed by atoms with Crippen LogP contribution in [-0.4, -0.2) is 50.6 Å². The first-order valence-corrected chi connectivity index (χ1v) is 11.2. The third kappa shape index (κ3) is 5.60. The van der Waals surface area contributed by atoms with Crippen LogP contribution in [0.2, 0.25) is 5.02 Å². The van der Waals surface area contributed by atoms with Crippen molar-refractivity contribution in [1.29, 1.82) is 0 Å². The number of nitrogens with one attached hydrogen (secondary N) is 1. The van der Waals surface area contributed by atoms with E-state index in [4.69, 9.17) is 25.8 Å². The molecule has 1 fully saturated rings. The molecular formula is C25H29ClN2O5. The third-order valence-corrected chi connectivity index (χ3v) is 5.99. The smallest absolute Gasteiger partial charge is 0.270 e. The van der Waals surface area contributed by atoms with Crippen LogP contribution in [0.15, 0.2) is 42.1 Å². The Bertz CT molecular complexity index is 1030. The molecule has 1 unspecified atom stereocenters. The van der Waals surface area contributed by atoms with Crippen molar-refractivity contribution >= 4 is 29.5 Å². The van der Waals surface area contributed by atoms with Crippen molar-refractivity contribution in [3.63, 3.8) is 0 Å². The lowest BCUT2D eigenvalue weighted by Gasteiger charge is -2.34. The fraction of sp³-hybridized carbons (Fsp3) is 0.360. The van der Waals surface area contributed by atoms with Crippen LogP contribution in [0.3, 0.4) is 0 Å². The largest absolute Gasteiger partial charge is 0.493 e. The highest BCUT2D eigenvalue weighted by Crippen LogP contribution is 2.38. The van der Waals surface area contributed by atoms with Crippen LogP contribution in [0.4, 0.5) is 0 Å². The quantitative estimate of drug-likeness (QED) is 0.599. The molecule has 1 aliphatic rings. The van der Waals surface area contributed by atoms with Gasteiger partial charge >= 0.3 is 0 Å². The molecular weight excluding hydrogens is 444 g/mol. The minimum atomic E-state index is -0.461. The number of likely N-dealkylation sites (tertiary alicyclic amines) is 1. The van der Waals surface area contributed by atoms with Gasteiger partial charge < -0.3 is 24.4 Å². The van der Waals surface area contributed by atoms with Crippen LogP contribution in [-0.2, 0) is 4.79 Å². The lowest BCUT2D eigenvalue weighted by Crippen LogP contribution is -2.45. The summed E-state index contributed by atoms with van der Waals surface area (Å²) in [5, 5.41) is 3.08. The van der Waals surface area contributed by atoms with E-state index in [0.717, 1.165) is 19.3 Å². The van der Waals surface area contributed by atoms with Gasteiger partial charge in [-0.25, -0.2) is 0 Å². The van der Waals surface area contributed by atoms with Crippen LogP contribution in [0, 0.1) is 0 Å². The lowest BCUT2D eigenvalue weighted by molar-refractivity contribution is -0.130. The van der Waals surface area contributed by atoms with E-state index in [9.17, 15) is 9.59 Å². The van der Waals surface area contributed by atoms with Crippen LogP contribution in [0.5, 0.6) is 17.2 Å². The van der Waals surface area contributed by atoms with Crippen molar-refractivity contribution in [2.24, 2.45) is 0 Å². The average molecular weight is 473 g/mol. The molecule has 0 bridgehead atoms. The Morgan fingerprint density at radius 3 is 2.30 bits per heavy atom. The maximum absolute atomic E-state index is 13.5. The average Bonchev–Trinajstić information content (AvgIpc) is 2.83. The number of amides is 2. The third-order valence-electron chi connectivity index (χ3n) is 5.66. The number of ether oxygens (including phenoxy) is 3. The van der Waals surface area contributed by atoms with Crippen molar-refractivity contribution in [1.82, 2.24) is 10.2 Å². The van der Waals surface area contributed by atoms with Gasteiger partial charge in [0.15, 0.2) is 11.5 Å². The van der Waals surface area contributed by atoms with E-state index in [1.165, 1.54) is 21.3 Å². The predicted octanol–water partition coefficient (Wildman–Crippen LogP) is 4.54. The molecule has 7 nitrogen and oxygen atoms in total. The van der Waals surface area contributed by atoms with Crippen molar-refractivity contribution in [2.75, 3.05) is 27.9 Å². The Morgan fingerprint density at radius 1 is 1.06 bits per heavy atom. The molecule has 2 aromatic rings. The SMILES string of the molecule is COc1cc(/C=C(\NC(=O)c2ccccc2Cl)C(=O)N2CCCCC2C)cc(OC)c1OC. The summed E-state index contributed by atoms with van der Waals surface area (Å²) >= 11 is 6.20. The van der Waals surface area contributed by atoms with Crippen LogP contribution >= 0.6 is 11.6 Å². The number of nitrogens with zero attached hydrogens (tertiary/aromatic N) is 1. The van der Waals surface area contributed by atoms with E-state index < -0.39 is 5.91 Å². The molecule has 1 saturated heterocycles. The second-order valence-electron chi connectivity index (χ2n) is 7.79. The highest BCUT2D eigenvalue weighted by atomic mass is 35.5. The van der Waals surface area contributed by atoms with Crippen molar-refractivity contribution < 1.29 is 23.8 Å². The van der Waals surface area contributed by atoms with Crippen LogP contribution in [0.25, 0.3) is 6.08 Å². The zero-order valence-corrected chi connectivity index (χ0v) is 20.1. The number of rotatable bonds is 7. The maximum atomic E-state index is 13.5. The molecule has 33 heavy (non-hydrogen) atoms. The zero-order chi connectivity index (χ0) is 24.0. The fourth-order valence-electron chi connectivity index (χ4n) is 3.89. The highest BCUT2D eigenvalue weighted by molar-refractivity contribution is 6.34. The number of hydrogen-bond acceptors (Lipinski definition) is 5. The van der Waals surface area contributed by atoms with E-state index in [1.54, 1.807) is 47.4 Å². The minimum absolute atomic E-state index is 0.0757. The van der Waals surface area contributed by atoms with Crippen LogP contribution < -0.4 is 19.5 Å². The number of piperidine rings is 1. The number of hydrogen-bond donors (Lipinski definition) is 1. The molecule has 0 radical (unpaired) electrons. The Hall–Kier alpha value is -3.19. The summed E-state index contributed by atoms with van der Waals surface area (Å²) < 4.78 is 16.2. The normalized spacial score (nSPS) is 16.2. The maximum Gasteiger partial charge on any atom is 0.270 e. The Kier molecular flexibility index (Phi) is 8.22. The molecule has 176 valence electrons. The topological polar surface area (TPSA) is 77.1 Å². The molecule has 3 rings (SSSR count). The van der Waals surface area contributed by atoms with Gasteiger partial charge in [-0.15, -0.1) is 0 Å². The molecule has 1 aliphatic heterocycles. The number of benzene rings is 2. The van der Waals surface area contributed by atoms with Gasteiger partial charge in [0.25, 0.3) is 11.8 Å². The minimum Gasteiger partial charge on any atom is -0.493 e. The summed E-state index contributed by atoms with van der Waals surface area (Å²) in [5.74, 6) is 0.612. The summed E-state index contributed by atoms with van der Waals surface area (Å²) in [6.07, 6.45) is 4.53. The van der Waals surface area contributed by atoms with Gasteiger partial charge in [0.1, 0.15) is 5.70 Å². The molecule has 1 atom stereocenters. The van der Waals surface area contributed by atoms with E-state index in [-0.39, 0.29) is 23.2 Å². The van der Waals surface area contributed by atoms with E-state index >= 15 is 0 Å². The van der Waals surface area contributed by atoms with Gasteiger partial charge in [0, 0.05) is 12.6 Å². The molecule has 8 heteroatoms. The number of carbonyl (C=O) groups excluding carboxylic acids is 2. The molecule has 0 aromatic heterocycles. The highest BCUT2D eigenvalue weighted by Gasteiger charge is 2.27. The van der Waals surface area contributed by atoms with Crippen LogP contribution in [0.1, 0.15) is 42.1 Å². The molecule has 1 N–H and O–H groups in total. The van der Waals surface area contributed by atoms with Crippen molar-refractivity contribution in [3.05, 3.63) is 58.2 Å². The van der Waals surface area contributed by atoms with E-state index in [0.29, 0.717) is 34.4 Å². The number of halogens is 1. The molecule has 0 spiro atoms. The number of carbonyl (C=O) groups is 2. The number of methoxy groups -OCH3 is 3. The summed E-state index contributed by atoms with van der Waals surface area (Å²) in [5.41, 5.74) is 1.04. The van der Waals surface area contributed by atoms with E-state index in [2.05, 4.69) is 5.32 Å². The molecule has 1 heterocycles. The first-order valence-electron chi connectivity index (χ1n) is 10.8. The molecule has 2 aromatic carbocycles. The standard InChI is InChI=1S/C25H29ClN2O5/c1-16-9-7-8-12-28(16)25(30)20(27-24(29)18-10-5-6-11-19(18)26)13-17-14-21(31-2)23(33-4)22(15-17)32-3/h5-6,10-11,13-16H,7-9,12H2,1-4H3,(H,27,29)/b20-13-. The van der Waals surface area contributed by atoms with Gasteiger partial charge in [0.05, 0.1) is 31.9 Å². The monoisotopic (exact) mass is 472 g/mol. The second kappa shape index (κ2) is 11.1. The fourth-order valence-corrected chi connectivity index (χ4v) is 4.11. The summed E-state index contributed by atoms with van der Waals surface area (Å²) in [4.78, 5) is 28.3.